The molecule has 2 rings (SSSR count). The molecule has 0 aliphatic carbocycles. The van der Waals surface area contributed by atoms with Crippen LogP contribution >= 0.6 is 0 Å². The van der Waals surface area contributed by atoms with Gasteiger partial charge in [0.15, 0.2) is 0 Å². The fourth-order valence-corrected chi connectivity index (χ4v) is 1.88. The van der Waals surface area contributed by atoms with E-state index in [0.717, 1.165) is 30.3 Å². The number of unbranched alkanes of at least 4 members (excludes halogenated alkanes) is 1. The summed E-state index contributed by atoms with van der Waals surface area (Å²) in [5, 5.41) is 5.18. The van der Waals surface area contributed by atoms with Crippen LogP contribution in [-0.4, -0.2) is 22.9 Å². The molecule has 0 aliphatic rings. The summed E-state index contributed by atoms with van der Waals surface area (Å²) in [4.78, 5) is 11.6. The molecule has 0 spiro atoms. The Hall–Kier alpha value is -1.84. The van der Waals surface area contributed by atoms with Gasteiger partial charge in [-0.05, 0) is 18.6 Å². The monoisotopic (exact) mass is 232 g/mol. The van der Waals surface area contributed by atoms with Gasteiger partial charge in [0.05, 0.1) is 24.4 Å². The maximum absolute atomic E-state index is 11.6. The SMILES string of the molecule is CCCCn1ncc2c(C(=O)OC)cccc21. The van der Waals surface area contributed by atoms with E-state index in [-0.39, 0.29) is 5.97 Å². The number of ether oxygens (including phenoxy) is 1. The standard InChI is InChI=1S/C13H16N2O2/c1-3-4-8-15-12-7-5-6-10(13(16)17-2)11(12)9-14-15/h5-7,9H,3-4,8H2,1-2H3. The highest BCUT2D eigenvalue weighted by Gasteiger charge is 2.12. The zero-order valence-electron chi connectivity index (χ0n) is 10.1. The molecule has 0 atom stereocenters. The molecule has 2 aromatic rings. The predicted octanol–water partition coefficient (Wildman–Crippen LogP) is 2.62. The van der Waals surface area contributed by atoms with Crippen molar-refractivity contribution in [3.63, 3.8) is 0 Å². The van der Waals surface area contributed by atoms with Gasteiger partial charge in [0, 0.05) is 11.9 Å². The zero-order chi connectivity index (χ0) is 12.3. The van der Waals surface area contributed by atoms with Crippen LogP contribution in [0.25, 0.3) is 10.9 Å². The van der Waals surface area contributed by atoms with Crippen LogP contribution in [0.15, 0.2) is 24.4 Å². The first-order valence-corrected chi connectivity index (χ1v) is 5.80. The van der Waals surface area contributed by atoms with Gasteiger partial charge in [-0.1, -0.05) is 19.4 Å². The maximum atomic E-state index is 11.6. The van der Waals surface area contributed by atoms with Gasteiger partial charge < -0.3 is 4.74 Å². The normalized spacial score (nSPS) is 10.7. The molecule has 1 heterocycles. The van der Waals surface area contributed by atoms with Crippen LogP contribution in [-0.2, 0) is 11.3 Å². The first kappa shape index (κ1) is 11.6. The van der Waals surface area contributed by atoms with Gasteiger partial charge in [0.1, 0.15) is 0 Å². The molecular weight excluding hydrogens is 216 g/mol. The predicted molar refractivity (Wildman–Crippen MR) is 66.0 cm³/mol. The van der Waals surface area contributed by atoms with Crippen molar-refractivity contribution in [3.8, 4) is 0 Å². The number of methoxy groups -OCH3 is 1. The topological polar surface area (TPSA) is 44.1 Å². The molecule has 0 N–H and O–H groups in total. The first-order valence-electron chi connectivity index (χ1n) is 5.80. The van der Waals surface area contributed by atoms with Crippen LogP contribution in [0.3, 0.4) is 0 Å². The number of fused-ring (bicyclic) bond motifs is 1. The summed E-state index contributed by atoms with van der Waals surface area (Å²) in [6.07, 6.45) is 3.94. The third-order valence-corrected chi connectivity index (χ3v) is 2.82. The highest BCUT2D eigenvalue weighted by atomic mass is 16.5. The summed E-state index contributed by atoms with van der Waals surface area (Å²) in [7, 11) is 1.39. The van der Waals surface area contributed by atoms with E-state index in [2.05, 4.69) is 12.0 Å². The molecule has 17 heavy (non-hydrogen) atoms. The average molecular weight is 232 g/mol. The highest BCUT2D eigenvalue weighted by molar-refractivity contribution is 6.03. The Labute approximate surface area is 100 Å². The van der Waals surface area contributed by atoms with Crippen LogP contribution < -0.4 is 0 Å². The summed E-state index contributed by atoms with van der Waals surface area (Å²) in [6, 6.07) is 5.60. The second-order valence-corrected chi connectivity index (χ2v) is 3.95. The Balaban J connectivity index is 2.45. The minimum absolute atomic E-state index is 0.314. The summed E-state index contributed by atoms with van der Waals surface area (Å²) < 4.78 is 6.69. The molecule has 0 saturated carbocycles. The third kappa shape index (κ3) is 2.16. The third-order valence-electron chi connectivity index (χ3n) is 2.82. The van der Waals surface area contributed by atoms with Crippen LogP contribution in [0.5, 0.6) is 0 Å². The minimum Gasteiger partial charge on any atom is -0.465 e. The van der Waals surface area contributed by atoms with Crippen molar-refractivity contribution in [2.45, 2.75) is 26.3 Å². The van der Waals surface area contributed by atoms with Gasteiger partial charge in [-0.3, -0.25) is 4.68 Å². The van der Waals surface area contributed by atoms with E-state index in [1.165, 1.54) is 7.11 Å². The molecule has 1 aromatic carbocycles. The molecule has 0 saturated heterocycles. The highest BCUT2D eigenvalue weighted by Crippen LogP contribution is 2.19. The van der Waals surface area contributed by atoms with Crippen molar-refractivity contribution in [2.75, 3.05) is 7.11 Å². The van der Waals surface area contributed by atoms with Crippen LogP contribution in [0.1, 0.15) is 30.1 Å². The zero-order valence-corrected chi connectivity index (χ0v) is 10.1. The van der Waals surface area contributed by atoms with Crippen LogP contribution in [0.2, 0.25) is 0 Å². The van der Waals surface area contributed by atoms with Gasteiger partial charge in [0.25, 0.3) is 0 Å². The lowest BCUT2D eigenvalue weighted by molar-refractivity contribution is 0.0603. The number of aromatic nitrogens is 2. The van der Waals surface area contributed by atoms with Gasteiger partial charge in [-0.25, -0.2) is 4.79 Å². The Morgan fingerprint density at radius 2 is 2.29 bits per heavy atom. The summed E-state index contributed by atoms with van der Waals surface area (Å²) >= 11 is 0. The van der Waals surface area contributed by atoms with E-state index in [1.807, 2.05) is 16.8 Å². The van der Waals surface area contributed by atoms with Crippen LogP contribution in [0.4, 0.5) is 0 Å². The van der Waals surface area contributed by atoms with E-state index >= 15 is 0 Å². The lowest BCUT2D eigenvalue weighted by Crippen LogP contribution is -2.02. The largest absolute Gasteiger partial charge is 0.465 e. The van der Waals surface area contributed by atoms with Gasteiger partial charge >= 0.3 is 5.97 Å². The van der Waals surface area contributed by atoms with Gasteiger partial charge in [-0.15, -0.1) is 0 Å². The molecule has 0 bridgehead atoms. The molecule has 4 nitrogen and oxygen atoms in total. The van der Waals surface area contributed by atoms with Crippen molar-refractivity contribution in [1.29, 1.82) is 0 Å². The van der Waals surface area contributed by atoms with Crippen molar-refractivity contribution < 1.29 is 9.53 Å². The van der Waals surface area contributed by atoms with Gasteiger partial charge in [-0.2, -0.15) is 5.10 Å². The summed E-state index contributed by atoms with van der Waals surface area (Å²) in [5.41, 5.74) is 1.56. The van der Waals surface area contributed by atoms with Crippen molar-refractivity contribution in [3.05, 3.63) is 30.0 Å². The number of carbonyl (C=O) groups is 1. The second kappa shape index (κ2) is 4.99. The molecular formula is C13H16N2O2. The number of nitrogens with zero attached hydrogens (tertiary/aromatic N) is 2. The van der Waals surface area contributed by atoms with Crippen molar-refractivity contribution in [2.24, 2.45) is 0 Å². The maximum Gasteiger partial charge on any atom is 0.338 e. The Morgan fingerprint density at radius 3 is 3.00 bits per heavy atom. The van der Waals surface area contributed by atoms with Crippen LogP contribution in [0, 0.1) is 0 Å². The van der Waals surface area contributed by atoms with E-state index < -0.39 is 0 Å². The Kier molecular flexibility index (Phi) is 3.42. The number of hydrogen-bond donors (Lipinski definition) is 0. The van der Waals surface area contributed by atoms with Crippen molar-refractivity contribution in [1.82, 2.24) is 9.78 Å². The molecule has 1 aromatic heterocycles. The van der Waals surface area contributed by atoms with E-state index in [9.17, 15) is 4.79 Å². The molecule has 0 unspecified atom stereocenters. The number of carbonyl (C=O) groups excluding carboxylic acids is 1. The Morgan fingerprint density at radius 1 is 1.47 bits per heavy atom. The minimum atomic E-state index is -0.314. The summed E-state index contributed by atoms with van der Waals surface area (Å²) in [6.45, 7) is 3.02. The molecule has 0 fully saturated rings. The molecule has 90 valence electrons. The number of aryl methyl sites for hydroxylation is 1. The average Bonchev–Trinajstić information content (AvgIpc) is 2.78. The first-order chi connectivity index (χ1) is 8.27. The smallest absolute Gasteiger partial charge is 0.338 e. The fraction of sp³-hybridized carbons (Fsp3) is 0.385. The van der Waals surface area contributed by atoms with E-state index in [4.69, 9.17) is 4.74 Å². The number of esters is 1. The summed E-state index contributed by atoms with van der Waals surface area (Å²) in [5.74, 6) is -0.314. The second-order valence-electron chi connectivity index (χ2n) is 3.95. The molecule has 4 heteroatoms. The molecule has 0 aliphatic heterocycles. The van der Waals surface area contributed by atoms with E-state index in [1.54, 1.807) is 12.3 Å². The lowest BCUT2D eigenvalue weighted by atomic mass is 10.1. The molecule has 0 amide bonds. The number of benzene rings is 1. The quantitative estimate of drug-likeness (QED) is 0.761. The van der Waals surface area contributed by atoms with E-state index in [0.29, 0.717) is 5.56 Å². The fourth-order valence-electron chi connectivity index (χ4n) is 1.88. The Bertz CT molecular complexity index is 531. The number of rotatable bonds is 4. The van der Waals surface area contributed by atoms with Gasteiger partial charge in [0.2, 0.25) is 0 Å². The lowest BCUT2D eigenvalue weighted by Gasteiger charge is -2.03. The molecule has 0 radical (unpaired) electrons. The number of hydrogen-bond acceptors (Lipinski definition) is 3. The van der Waals surface area contributed by atoms with Crippen molar-refractivity contribution >= 4 is 16.9 Å².